The lowest BCUT2D eigenvalue weighted by molar-refractivity contribution is -0.388. The number of rotatable bonds is 12. The lowest BCUT2D eigenvalue weighted by Crippen LogP contribution is -2.60. The third-order valence-electron chi connectivity index (χ3n) is 16.2. The number of halogens is 1. The first-order valence-electron chi connectivity index (χ1n) is 22.1. The second-order valence-corrected chi connectivity index (χ2v) is 23.5. The van der Waals surface area contributed by atoms with Crippen molar-refractivity contribution in [2.45, 2.75) is 131 Å². The van der Waals surface area contributed by atoms with Crippen LogP contribution in [0.1, 0.15) is 109 Å². The number of sulfonamides is 1. The van der Waals surface area contributed by atoms with E-state index in [-0.39, 0.29) is 35.9 Å². The molecule has 10 aliphatic carbocycles. The van der Waals surface area contributed by atoms with Gasteiger partial charge in [0.05, 0.1) is 26.6 Å². The van der Waals surface area contributed by atoms with Crippen molar-refractivity contribution in [3.05, 3.63) is 68.8 Å². The number of hydrogen-bond donors (Lipinski definition) is 3. The van der Waals surface area contributed by atoms with Gasteiger partial charge in [-0.3, -0.25) is 29.8 Å². The molecule has 10 aliphatic rings. The Morgan fingerprint density at radius 2 is 1.10 bits per heavy atom. The van der Waals surface area contributed by atoms with Gasteiger partial charge in [0, 0.05) is 24.6 Å². The van der Waals surface area contributed by atoms with Gasteiger partial charge in [-0.1, -0.05) is 30.7 Å². The Balaban J connectivity index is 0.000000154. The Morgan fingerprint density at radius 1 is 0.677 bits per heavy atom. The first kappa shape index (κ1) is 46.5. The number of nitrogens with one attached hydrogen (secondary N) is 1. The van der Waals surface area contributed by atoms with Crippen LogP contribution in [0.4, 0.5) is 11.4 Å². The van der Waals surface area contributed by atoms with Gasteiger partial charge < -0.3 is 10.8 Å². The van der Waals surface area contributed by atoms with E-state index in [9.17, 15) is 51.8 Å². The summed E-state index contributed by atoms with van der Waals surface area (Å²) >= 11 is 0. The van der Waals surface area contributed by atoms with Crippen molar-refractivity contribution in [2.75, 3.05) is 5.75 Å². The van der Waals surface area contributed by atoms with Gasteiger partial charge in [0.25, 0.3) is 11.4 Å². The molecule has 340 valence electrons. The Labute approximate surface area is 369 Å². The number of ketones is 1. The summed E-state index contributed by atoms with van der Waals surface area (Å²) in [5.74, 6) is 5.47. The summed E-state index contributed by atoms with van der Waals surface area (Å²) in [5.41, 5.74) is 2.78. The minimum absolute atomic E-state index is 0. The van der Waals surface area contributed by atoms with Crippen LogP contribution in [0.15, 0.2) is 58.3 Å². The summed E-state index contributed by atoms with van der Waals surface area (Å²) in [6.07, 6.45) is 17.0. The molecule has 12 rings (SSSR count). The van der Waals surface area contributed by atoms with E-state index in [4.69, 9.17) is 5.73 Å². The summed E-state index contributed by atoms with van der Waals surface area (Å²) in [5, 5.41) is 31.4. The molecule has 0 atom stereocenters. The zero-order valence-electron chi connectivity index (χ0n) is 34.8. The van der Waals surface area contributed by atoms with Crippen molar-refractivity contribution < 1.29 is 41.4 Å². The molecule has 0 saturated heterocycles. The quantitative estimate of drug-likeness (QED) is 0.137. The number of carbonyl (C=O) groups excluding carboxylic acids is 1. The first-order chi connectivity index (χ1) is 28.9. The van der Waals surface area contributed by atoms with Crippen molar-refractivity contribution >= 4 is 55.4 Å². The minimum atomic E-state index is -4.17. The molecule has 8 bridgehead atoms. The number of carboxylic acid groups (broad SMARTS) is 1. The van der Waals surface area contributed by atoms with Crippen molar-refractivity contribution in [3.8, 4) is 0 Å². The number of carbonyl (C=O) groups is 2. The van der Waals surface area contributed by atoms with E-state index < -0.39 is 68.7 Å². The number of nitrogens with two attached hydrogens (primary N) is 1. The van der Waals surface area contributed by atoms with Gasteiger partial charge in [0.15, 0.2) is 20.5 Å². The summed E-state index contributed by atoms with van der Waals surface area (Å²) in [4.78, 5) is 44.6. The zero-order valence-corrected chi connectivity index (χ0v) is 37.3. The van der Waals surface area contributed by atoms with E-state index in [0.29, 0.717) is 49.5 Å². The molecule has 2 aromatic carbocycles. The molecule has 4 N–H and O–H groups in total. The number of nitro benzene ring substituents is 2. The SMILES string of the molecule is Cl.NC1C2CC3CC(C2)CC1C3.O=C(CC1C2CC3CC(C2)CC1C3)C1(NS(=O)(=O)c2ccccc2[N+](=O)[O-])CCC1.O=C(O)C1(CS(=O)(=O)c2ccccc2[N+](=O)[O-])CCC1. The maximum atomic E-state index is 13.4. The summed E-state index contributed by atoms with van der Waals surface area (Å²) in [6.45, 7) is 0. The fourth-order valence-electron chi connectivity index (χ4n) is 13.2. The first-order valence-corrected chi connectivity index (χ1v) is 25.3. The van der Waals surface area contributed by atoms with Gasteiger partial charge in [-0.05, 0) is 162 Å². The van der Waals surface area contributed by atoms with E-state index in [0.717, 1.165) is 54.1 Å². The molecule has 0 amide bonds. The highest BCUT2D eigenvalue weighted by Gasteiger charge is 2.53. The van der Waals surface area contributed by atoms with E-state index in [1.807, 2.05) is 0 Å². The molecule has 10 fully saturated rings. The van der Waals surface area contributed by atoms with Crippen molar-refractivity contribution in [1.29, 1.82) is 0 Å². The van der Waals surface area contributed by atoms with Gasteiger partial charge >= 0.3 is 5.97 Å². The molecular formula is C44H59ClN4O11S2. The lowest BCUT2D eigenvalue weighted by atomic mass is 9.50. The van der Waals surface area contributed by atoms with Crippen LogP contribution in [0.5, 0.6) is 0 Å². The highest BCUT2D eigenvalue weighted by Crippen LogP contribution is 2.58. The Hall–Kier alpha value is -3.51. The van der Waals surface area contributed by atoms with Gasteiger partial charge in [-0.25, -0.2) is 16.8 Å². The van der Waals surface area contributed by atoms with Gasteiger partial charge in [-0.15, -0.1) is 12.4 Å². The topological polar surface area (TPSA) is 247 Å². The summed E-state index contributed by atoms with van der Waals surface area (Å²) < 4.78 is 53.3. The average Bonchev–Trinajstić information content (AvgIpc) is 3.18. The van der Waals surface area contributed by atoms with Crippen LogP contribution in [0.3, 0.4) is 0 Å². The van der Waals surface area contributed by atoms with E-state index in [1.165, 1.54) is 94.2 Å². The third-order valence-corrected chi connectivity index (χ3v) is 19.7. The number of aliphatic carboxylic acids is 1. The Kier molecular flexibility index (Phi) is 13.4. The molecule has 0 heterocycles. The second-order valence-electron chi connectivity index (χ2n) is 19.9. The normalized spacial score (nSPS) is 32.6. The standard InChI is InChI=1S/C22H28N2O5S.C12H13NO6S.C10H17N.ClH/c25-21(13-18-16-9-14-8-15(11-16)12-17(18)10-14)22(6-3-7-22)23-30(28,29)20-5-2-1-4-19(20)24(26)27;14-11(15)12(6-3-7-12)8-20(18,19)10-5-2-1-4-9(10)13(16)17;11-10-8-2-6-1-7(4-8)5-9(10)3-6;/h1-2,4-5,14-18,23H,3,6-13H2;1-2,4-5H,3,6-8H2,(H,14,15);6-10H,1-5,11H2;1H. The average molecular weight is 920 g/mol. The minimum Gasteiger partial charge on any atom is -0.481 e. The fourth-order valence-corrected chi connectivity index (χ4v) is 16.9. The van der Waals surface area contributed by atoms with Crippen molar-refractivity contribution in [1.82, 2.24) is 4.72 Å². The summed E-state index contributed by atoms with van der Waals surface area (Å²) in [6, 6.07) is 10.9. The summed E-state index contributed by atoms with van der Waals surface area (Å²) in [7, 11) is -8.20. The fraction of sp³-hybridized carbons (Fsp3) is 0.682. The number of nitrogens with zero attached hydrogens (tertiary/aromatic N) is 2. The number of Topliss-reactive ketones (excluding diaryl/α,β-unsaturated/α-hetero) is 1. The molecule has 0 spiro atoms. The smallest absolute Gasteiger partial charge is 0.310 e. The molecule has 18 heteroatoms. The van der Waals surface area contributed by atoms with Crippen molar-refractivity contribution in [3.63, 3.8) is 0 Å². The maximum Gasteiger partial charge on any atom is 0.310 e. The number of benzene rings is 2. The highest BCUT2D eigenvalue weighted by atomic mass is 35.5. The largest absolute Gasteiger partial charge is 0.481 e. The predicted octanol–water partition coefficient (Wildman–Crippen LogP) is 7.64. The van der Waals surface area contributed by atoms with Crippen LogP contribution in [-0.2, 0) is 29.4 Å². The molecule has 15 nitrogen and oxygen atoms in total. The molecular weight excluding hydrogens is 860 g/mol. The molecule has 0 radical (unpaired) electrons. The maximum absolute atomic E-state index is 13.4. The molecule has 62 heavy (non-hydrogen) atoms. The van der Waals surface area contributed by atoms with Crippen LogP contribution in [0.2, 0.25) is 0 Å². The Morgan fingerprint density at radius 3 is 1.50 bits per heavy atom. The van der Waals surface area contributed by atoms with Crippen LogP contribution in [0.25, 0.3) is 0 Å². The third kappa shape index (κ3) is 9.07. The van der Waals surface area contributed by atoms with Crippen LogP contribution < -0.4 is 10.5 Å². The number of hydrogen-bond acceptors (Lipinski definition) is 11. The van der Waals surface area contributed by atoms with Crippen LogP contribution in [-0.4, -0.2) is 60.9 Å². The van der Waals surface area contributed by atoms with Crippen LogP contribution >= 0.6 is 12.4 Å². The Bertz CT molecular complexity index is 2230. The second kappa shape index (κ2) is 17.8. The van der Waals surface area contributed by atoms with Gasteiger partial charge in [0.1, 0.15) is 4.90 Å². The van der Waals surface area contributed by atoms with E-state index in [1.54, 1.807) is 6.42 Å². The predicted molar refractivity (Wildman–Crippen MR) is 231 cm³/mol. The van der Waals surface area contributed by atoms with E-state index in [2.05, 4.69) is 4.72 Å². The number of para-hydroxylation sites is 2. The molecule has 10 saturated carbocycles. The van der Waals surface area contributed by atoms with Crippen LogP contribution in [0, 0.1) is 78.9 Å². The molecule has 2 aromatic rings. The van der Waals surface area contributed by atoms with Crippen molar-refractivity contribution in [2.24, 2.45) is 64.4 Å². The highest BCUT2D eigenvalue weighted by molar-refractivity contribution is 7.91. The van der Waals surface area contributed by atoms with Gasteiger partial charge in [0.2, 0.25) is 10.0 Å². The van der Waals surface area contributed by atoms with Gasteiger partial charge in [-0.2, -0.15) is 4.72 Å². The molecule has 0 unspecified atom stereocenters. The number of sulfone groups is 1. The monoisotopic (exact) mass is 918 g/mol. The lowest BCUT2D eigenvalue weighted by Gasteiger charge is -2.55. The number of carboxylic acids is 1. The molecule has 0 aromatic heterocycles. The number of nitro groups is 2. The molecule has 0 aliphatic heterocycles. The zero-order chi connectivity index (χ0) is 43.5. The van der Waals surface area contributed by atoms with E-state index >= 15 is 0 Å².